The number of ether oxygens (including phenoxy) is 1. The van der Waals surface area contributed by atoms with Crippen LogP contribution in [0.2, 0.25) is 0 Å². The van der Waals surface area contributed by atoms with Crippen LogP contribution in [0.3, 0.4) is 0 Å². The molecule has 6 atom stereocenters. The highest BCUT2D eigenvalue weighted by atomic mass is 19.4. The summed E-state index contributed by atoms with van der Waals surface area (Å²) in [6, 6.07) is 3.52. The first-order valence-corrected chi connectivity index (χ1v) is 15.2. The number of fused-ring (bicyclic) bond motifs is 2. The second-order valence-electron chi connectivity index (χ2n) is 12.5. The van der Waals surface area contributed by atoms with E-state index in [0.29, 0.717) is 18.8 Å². The van der Waals surface area contributed by atoms with Gasteiger partial charge in [-0.25, -0.2) is 0 Å². The van der Waals surface area contributed by atoms with Crippen molar-refractivity contribution in [3.63, 3.8) is 0 Å². The lowest BCUT2D eigenvalue weighted by atomic mass is 9.82. The van der Waals surface area contributed by atoms with Crippen LogP contribution in [-0.2, 0) is 14.4 Å². The molecule has 5 rings (SSSR count). The Labute approximate surface area is 249 Å². The molecule has 1 aromatic carbocycles. The summed E-state index contributed by atoms with van der Waals surface area (Å²) in [6.45, 7) is 1.05. The minimum atomic E-state index is -4.86. The lowest BCUT2D eigenvalue weighted by Gasteiger charge is -2.45. The van der Waals surface area contributed by atoms with Crippen molar-refractivity contribution in [1.29, 1.82) is 0 Å². The molecule has 0 aromatic heterocycles. The van der Waals surface area contributed by atoms with E-state index in [4.69, 9.17) is 4.74 Å². The van der Waals surface area contributed by atoms with Gasteiger partial charge in [0, 0.05) is 44.1 Å². The van der Waals surface area contributed by atoms with Crippen molar-refractivity contribution >= 4 is 17.7 Å². The van der Waals surface area contributed by atoms with Crippen LogP contribution in [0.25, 0.3) is 0 Å². The average Bonchev–Trinajstić information content (AvgIpc) is 3.35. The van der Waals surface area contributed by atoms with Crippen molar-refractivity contribution in [3.8, 4) is 5.75 Å². The number of rotatable bonds is 7. The Balaban J connectivity index is 1.44. The molecule has 0 bridgehead atoms. The molecule has 3 fully saturated rings. The maximum Gasteiger partial charge on any atom is 0.418 e. The van der Waals surface area contributed by atoms with Crippen molar-refractivity contribution < 1.29 is 37.4 Å². The third-order valence-corrected chi connectivity index (χ3v) is 9.65. The zero-order valence-electron chi connectivity index (χ0n) is 24.7. The predicted molar refractivity (Wildman–Crippen MR) is 151 cm³/mol. The highest BCUT2D eigenvalue weighted by Crippen LogP contribution is 2.42. The molecule has 13 heteroatoms. The topological polar surface area (TPSA) is 123 Å². The summed E-state index contributed by atoms with van der Waals surface area (Å²) in [6.07, 6.45) is -0.708. The molecule has 0 radical (unpaired) electrons. The van der Waals surface area contributed by atoms with Crippen LogP contribution in [0.15, 0.2) is 24.3 Å². The van der Waals surface area contributed by atoms with Gasteiger partial charge in [-0.3, -0.25) is 19.3 Å². The van der Waals surface area contributed by atoms with Crippen LogP contribution in [0.4, 0.5) is 13.2 Å². The van der Waals surface area contributed by atoms with Crippen molar-refractivity contribution in [3.05, 3.63) is 29.8 Å². The van der Waals surface area contributed by atoms with Gasteiger partial charge in [-0.1, -0.05) is 37.5 Å². The van der Waals surface area contributed by atoms with Gasteiger partial charge in [0.2, 0.25) is 17.7 Å². The molecule has 4 aliphatic rings. The van der Waals surface area contributed by atoms with Gasteiger partial charge >= 0.3 is 6.18 Å². The summed E-state index contributed by atoms with van der Waals surface area (Å²) in [5.74, 6) is -0.845. The number of nitrogens with zero attached hydrogens (tertiary/aromatic N) is 2. The molecule has 3 amide bonds. The van der Waals surface area contributed by atoms with E-state index in [0.717, 1.165) is 37.7 Å². The molecule has 43 heavy (non-hydrogen) atoms. The number of halogens is 3. The van der Waals surface area contributed by atoms with Crippen molar-refractivity contribution in [2.75, 3.05) is 33.3 Å². The van der Waals surface area contributed by atoms with E-state index in [-0.39, 0.29) is 24.9 Å². The normalized spacial score (nSPS) is 29.5. The lowest BCUT2D eigenvalue weighted by molar-refractivity contribution is -0.254. The fourth-order valence-corrected chi connectivity index (χ4v) is 6.99. The molecule has 10 nitrogen and oxygen atoms in total. The van der Waals surface area contributed by atoms with Crippen molar-refractivity contribution in [1.82, 2.24) is 25.8 Å². The molecule has 2 saturated heterocycles. The van der Waals surface area contributed by atoms with Gasteiger partial charge in [-0.05, 0) is 38.8 Å². The number of benzene rings is 1. The summed E-state index contributed by atoms with van der Waals surface area (Å²) in [4.78, 5) is 44.2. The number of carbonyl (C=O) groups is 3. The number of hydrogen-bond donors (Lipinski definition) is 4. The molecule has 238 valence electrons. The summed E-state index contributed by atoms with van der Waals surface area (Å²) < 4.78 is 47.3. The third-order valence-electron chi connectivity index (χ3n) is 9.65. The second kappa shape index (κ2) is 12.6. The molecule has 0 unspecified atom stereocenters. The molecule has 1 aliphatic carbocycles. The molecule has 0 spiro atoms. The fourth-order valence-electron chi connectivity index (χ4n) is 6.99. The van der Waals surface area contributed by atoms with Crippen LogP contribution >= 0.6 is 0 Å². The van der Waals surface area contributed by atoms with Crippen LogP contribution in [0.5, 0.6) is 5.75 Å². The highest BCUT2D eigenvalue weighted by molar-refractivity contribution is 5.93. The van der Waals surface area contributed by atoms with Gasteiger partial charge in [-0.2, -0.15) is 13.2 Å². The van der Waals surface area contributed by atoms with Gasteiger partial charge in [0.05, 0.1) is 18.7 Å². The summed E-state index contributed by atoms with van der Waals surface area (Å²) in [7, 11) is 1.64. The van der Waals surface area contributed by atoms with Crippen LogP contribution in [0, 0.1) is 5.92 Å². The van der Waals surface area contributed by atoms with E-state index in [1.54, 1.807) is 20.0 Å². The minimum absolute atomic E-state index is 0.158. The van der Waals surface area contributed by atoms with Crippen LogP contribution in [0.1, 0.15) is 63.5 Å². The monoisotopic (exact) mass is 609 g/mol. The Bertz CT molecular complexity index is 1190. The maximum atomic E-state index is 14.4. The molecule has 3 aliphatic heterocycles. The standard InChI is InChI=1S/C30H42F3N5O5/c1-18(34-2)26(39)36-25(19-8-4-3-5-9-19)28(41)38-15-20-14-29(42,30(31,32)33)17-37(20)16-23(38)27(40)35-22-12-13-43-24-11-7-6-10-21(22)24/h6-7,10-11,18-20,22-23,25,34,42H,3-5,8-9,12-17H2,1-2H3,(H,35,40)(H,36,39)/t18-,20+,22+,23-,25-,29+/m0/s1. The fraction of sp³-hybridized carbons (Fsp3) is 0.700. The molecule has 1 saturated carbocycles. The first-order valence-electron chi connectivity index (χ1n) is 15.2. The number of piperazine rings is 1. The Morgan fingerprint density at radius 1 is 1.09 bits per heavy atom. The van der Waals surface area contributed by atoms with E-state index >= 15 is 0 Å². The van der Waals surface area contributed by atoms with Crippen LogP contribution < -0.4 is 20.7 Å². The summed E-state index contributed by atoms with van der Waals surface area (Å²) >= 11 is 0. The number of carbonyl (C=O) groups excluding carboxylic acids is 3. The second-order valence-corrected chi connectivity index (χ2v) is 12.5. The number of nitrogens with one attached hydrogen (secondary N) is 3. The zero-order chi connectivity index (χ0) is 30.9. The molecule has 3 heterocycles. The Hall–Kier alpha value is -2.90. The SMILES string of the molecule is CN[C@@H](C)C(=O)N[C@H](C(=O)N1C[C@H]2C[C@](O)(C(F)(F)F)CN2C[C@H]1C(=O)N[C@@H]1CCOc2ccccc21)C1CCCCC1. The highest BCUT2D eigenvalue weighted by Gasteiger charge is 2.62. The molecule has 1 aromatic rings. The third kappa shape index (κ3) is 6.48. The lowest BCUT2D eigenvalue weighted by Crippen LogP contribution is -2.66. The smallest absolute Gasteiger partial charge is 0.418 e. The number of para-hydroxylation sites is 1. The van der Waals surface area contributed by atoms with E-state index < -0.39 is 66.8 Å². The van der Waals surface area contributed by atoms with E-state index in [1.807, 2.05) is 18.2 Å². The van der Waals surface area contributed by atoms with Gasteiger partial charge < -0.3 is 30.7 Å². The largest absolute Gasteiger partial charge is 0.493 e. The number of aliphatic hydroxyl groups is 1. The number of alkyl halides is 3. The van der Waals surface area contributed by atoms with Gasteiger partial charge in [0.15, 0.2) is 5.60 Å². The summed E-state index contributed by atoms with van der Waals surface area (Å²) in [5.41, 5.74) is -2.15. The first kappa shape index (κ1) is 31.5. The summed E-state index contributed by atoms with van der Waals surface area (Å²) in [5, 5.41) is 19.4. The maximum absolute atomic E-state index is 14.4. The predicted octanol–water partition coefficient (Wildman–Crippen LogP) is 1.88. The molecule has 4 N–H and O–H groups in total. The van der Waals surface area contributed by atoms with Gasteiger partial charge in [0.1, 0.15) is 17.8 Å². The zero-order valence-corrected chi connectivity index (χ0v) is 24.7. The quantitative estimate of drug-likeness (QED) is 0.373. The Morgan fingerprint density at radius 3 is 2.51 bits per heavy atom. The number of hydrogen-bond acceptors (Lipinski definition) is 7. The van der Waals surface area contributed by atoms with E-state index in [1.165, 1.54) is 9.80 Å². The number of likely N-dealkylation sites (N-methyl/N-ethyl adjacent to an activating group) is 1. The van der Waals surface area contributed by atoms with E-state index in [2.05, 4.69) is 16.0 Å². The molecular weight excluding hydrogens is 567 g/mol. The number of amides is 3. The van der Waals surface area contributed by atoms with Gasteiger partial charge in [-0.15, -0.1) is 0 Å². The van der Waals surface area contributed by atoms with E-state index in [9.17, 15) is 32.7 Å². The van der Waals surface area contributed by atoms with Crippen molar-refractivity contribution in [2.45, 2.75) is 93.9 Å². The van der Waals surface area contributed by atoms with Crippen molar-refractivity contribution in [2.24, 2.45) is 5.92 Å². The Morgan fingerprint density at radius 2 is 1.81 bits per heavy atom. The minimum Gasteiger partial charge on any atom is -0.493 e. The van der Waals surface area contributed by atoms with Crippen LogP contribution in [-0.4, -0.2) is 102 Å². The van der Waals surface area contributed by atoms with Gasteiger partial charge in [0.25, 0.3) is 0 Å². The first-order chi connectivity index (χ1) is 20.4. The average molecular weight is 610 g/mol. The molecular formula is C30H42F3N5O5. The Kier molecular flexibility index (Phi) is 9.24.